The van der Waals surface area contributed by atoms with Crippen LogP contribution in [0.4, 0.5) is 0 Å². The third kappa shape index (κ3) is 1.82. The highest BCUT2D eigenvalue weighted by Crippen LogP contribution is 2.11. The molecular formula is C7H9BO3. The minimum Gasteiger partial charge on any atom is -0.423 e. The van der Waals surface area contributed by atoms with E-state index in [0.717, 1.165) is 0 Å². The largest absolute Gasteiger partial charge is 0.487 e. The van der Waals surface area contributed by atoms with Gasteiger partial charge in [0.15, 0.2) is 0 Å². The van der Waals surface area contributed by atoms with Gasteiger partial charge in [0.1, 0.15) is 6.10 Å². The lowest BCUT2D eigenvalue weighted by molar-refractivity contribution is 0.169. The molecular weight excluding hydrogens is 143 g/mol. The molecule has 1 unspecified atom stereocenters. The standard InChI is InChI=1S/C7H9BO3/c1-11-7-5-3-2-4-6(7)8(9)10/h2,4-5,7,9-10H,1H3. The summed E-state index contributed by atoms with van der Waals surface area (Å²) in [5.74, 6) is 0. The third-order valence-corrected chi connectivity index (χ3v) is 1.50. The predicted molar refractivity (Wildman–Crippen MR) is 41.7 cm³/mol. The quantitative estimate of drug-likeness (QED) is 0.420. The van der Waals surface area contributed by atoms with E-state index in [1.54, 1.807) is 18.2 Å². The Hall–Kier alpha value is -0.795. The second-order valence-corrected chi connectivity index (χ2v) is 2.20. The van der Waals surface area contributed by atoms with Gasteiger partial charge in [-0.3, -0.25) is 0 Å². The first-order chi connectivity index (χ1) is 5.25. The summed E-state index contributed by atoms with van der Waals surface area (Å²) < 4.78 is 4.94. The van der Waals surface area contributed by atoms with Gasteiger partial charge in [0.25, 0.3) is 0 Å². The predicted octanol–water partition coefficient (Wildman–Crippen LogP) is -0.335. The lowest BCUT2D eigenvalue weighted by atomic mass is 9.74. The van der Waals surface area contributed by atoms with Crippen molar-refractivity contribution in [3.8, 4) is 0 Å². The summed E-state index contributed by atoms with van der Waals surface area (Å²) in [6.45, 7) is 0. The zero-order valence-electron chi connectivity index (χ0n) is 6.19. The Bertz CT molecular complexity index is 226. The van der Waals surface area contributed by atoms with Crippen LogP contribution in [-0.4, -0.2) is 30.4 Å². The highest BCUT2D eigenvalue weighted by molar-refractivity contribution is 6.51. The zero-order valence-corrected chi connectivity index (χ0v) is 6.19. The fourth-order valence-electron chi connectivity index (χ4n) is 0.915. The Labute approximate surface area is 65.4 Å². The molecule has 0 saturated heterocycles. The molecule has 1 atom stereocenters. The summed E-state index contributed by atoms with van der Waals surface area (Å²) in [5, 5.41) is 17.6. The number of hydrogen-bond donors (Lipinski definition) is 2. The fourth-order valence-corrected chi connectivity index (χ4v) is 0.915. The molecule has 0 radical (unpaired) electrons. The van der Waals surface area contributed by atoms with E-state index in [1.165, 1.54) is 7.11 Å². The first-order valence-corrected chi connectivity index (χ1v) is 3.27. The SMILES string of the molecule is COC1C=C=CC=C1B(O)O. The van der Waals surface area contributed by atoms with Crippen LogP contribution >= 0.6 is 0 Å². The van der Waals surface area contributed by atoms with Crippen LogP contribution in [0.15, 0.2) is 29.4 Å². The van der Waals surface area contributed by atoms with Gasteiger partial charge in [-0.05, 0) is 17.6 Å². The van der Waals surface area contributed by atoms with Gasteiger partial charge in [-0.2, -0.15) is 0 Å². The number of ether oxygens (including phenoxy) is 1. The summed E-state index contributed by atoms with van der Waals surface area (Å²) in [5.41, 5.74) is 3.23. The first-order valence-electron chi connectivity index (χ1n) is 3.27. The number of allylic oxidation sites excluding steroid dienone is 1. The van der Waals surface area contributed by atoms with E-state index in [2.05, 4.69) is 5.73 Å². The van der Waals surface area contributed by atoms with Gasteiger partial charge >= 0.3 is 7.12 Å². The molecule has 0 aromatic heterocycles. The van der Waals surface area contributed by atoms with Crippen molar-refractivity contribution in [3.63, 3.8) is 0 Å². The van der Waals surface area contributed by atoms with Crippen LogP contribution < -0.4 is 0 Å². The molecule has 0 saturated carbocycles. The van der Waals surface area contributed by atoms with Crippen molar-refractivity contribution in [1.29, 1.82) is 0 Å². The maximum atomic E-state index is 8.82. The topological polar surface area (TPSA) is 49.7 Å². The lowest BCUT2D eigenvalue weighted by Gasteiger charge is -2.14. The van der Waals surface area contributed by atoms with E-state index < -0.39 is 7.12 Å². The molecule has 0 spiro atoms. The van der Waals surface area contributed by atoms with E-state index in [-0.39, 0.29) is 6.10 Å². The van der Waals surface area contributed by atoms with Gasteiger partial charge < -0.3 is 14.8 Å². The highest BCUT2D eigenvalue weighted by atomic mass is 16.5. The van der Waals surface area contributed by atoms with Crippen LogP contribution in [0.25, 0.3) is 0 Å². The summed E-state index contributed by atoms with van der Waals surface area (Å²) in [6, 6.07) is 0. The molecule has 4 heteroatoms. The Kier molecular flexibility index (Phi) is 2.68. The molecule has 58 valence electrons. The zero-order chi connectivity index (χ0) is 8.27. The third-order valence-electron chi connectivity index (χ3n) is 1.50. The molecule has 1 aliphatic carbocycles. The highest BCUT2D eigenvalue weighted by Gasteiger charge is 2.22. The minimum atomic E-state index is -1.45. The normalized spacial score (nSPS) is 21.7. The Balaban J connectivity index is 2.80. The molecule has 0 aliphatic heterocycles. The molecule has 3 nitrogen and oxygen atoms in total. The Morgan fingerprint density at radius 2 is 2.36 bits per heavy atom. The number of hydrogen-bond acceptors (Lipinski definition) is 3. The number of rotatable bonds is 2. The van der Waals surface area contributed by atoms with Crippen molar-refractivity contribution in [3.05, 3.63) is 29.4 Å². The monoisotopic (exact) mass is 152 g/mol. The van der Waals surface area contributed by atoms with E-state index in [1.807, 2.05) is 0 Å². The maximum Gasteiger partial charge on any atom is 0.487 e. The Morgan fingerprint density at radius 3 is 2.82 bits per heavy atom. The van der Waals surface area contributed by atoms with Crippen molar-refractivity contribution in [1.82, 2.24) is 0 Å². The summed E-state index contributed by atoms with van der Waals surface area (Å²) in [4.78, 5) is 0. The van der Waals surface area contributed by atoms with E-state index >= 15 is 0 Å². The van der Waals surface area contributed by atoms with Crippen LogP contribution in [-0.2, 0) is 4.74 Å². The Morgan fingerprint density at radius 1 is 1.64 bits per heavy atom. The molecule has 0 fully saturated rings. The summed E-state index contributed by atoms with van der Waals surface area (Å²) in [6.07, 6.45) is 4.47. The molecule has 0 amide bonds. The summed E-state index contributed by atoms with van der Waals surface area (Å²) in [7, 11) is 0.0549. The van der Waals surface area contributed by atoms with Crippen LogP contribution in [0, 0.1) is 0 Å². The maximum absolute atomic E-state index is 8.82. The second kappa shape index (κ2) is 3.55. The van der Waals surface area contributed by atoms with Gasteiger partial charge in [0, 0.05) is 7.11 Å². The van der Waals surface area contributed by atoms with Gasteiger partial charge in [-0.15, -0.1) is 5.73 Å². The average molecular weight is 152 g/mol. The van der Waals surface area contributed by atoms with Gasteiger partial charge in [-0.1, -0.05) is 6.08 Å². The van der Waals surface area contributed by atoms with Gasteiger partial charge in [0.05, 0.1) is 0 Å². The van der Waals surface area contributed by atoms with Crippen molar-refractivity contribution in [2.45, 2.75) is 6.10 Å². The van der Waals surface area contributed by atoms with Crippen molar-refractivity contribution >= 4 is 7.12 Å². The van der Waals surface area contributed by atoms with Crippen LogP contribution in [0.5, 0.6) is 0 Å². The van der Waals surface area contributed by atoms with Crippen molar-refractivity contribution < 1.29 is 14.8 Å². The van der Waals surface area contributed by atoms with E-state index in [4.69, 9.17) is 14.8 Å². The molecule has 0 bridgehead atoms. The summed E-state index contributed by atoms with van der Waals surface area (Å²) >= 11 is 0. The second-order valence-electron chi connectivity index (χ2n) is 2.20. The van der Waals surface area contributed by atoms with Gasteiger partial charge in [0.2, 0.25) is 0 Å². The molecule has 1 aliphatic rings. The van der Waals surface area contributed by atoms with Crippen LogP contribution in [0.3, 0.4) is 0 Å². The fraction of sp³-hybridized carbons (Fsp3) is 0.286. The van der Waals surface area contributed by atoms with Crippen LogP contribution in [0.2, 0.25) is 0 Å². The molecule has 2 N–H and O–H groups in total. The molecule has 1 rings (SSSR count). The van der Waals surface area contributed by atoms with Gasteiger partial charge in [-0.25, -0.2) is 0 Å². The molecule has 0 heterocycles. The first kappa shape index (κ1) is 8.30. The smallest absolute Gasteiger partial charge is 0.423 e. The van der Waals surface area contributed by atoms with Crippen molar-refractivity contribution in [2.75, 3.05) is 7.11 Å². The van der Waals surface area contributed by atoms with E-state index in [0.29, 0.717) is 5.47 Å². The van der Waals surface area contributed by atoms with E-state index in [9.17, 15) is 0 Å². The molecule has 0 aromatic rings. The van der Waals surface area contributed by atoms with Crippen molar-refractivity contribution in [2.24, 2.45) is 0 Å². The van der Waals surface area contributed by atoms with Crippen LogP contribution in [0.1, 0.15) is 0 Å². The number of methoxy groups -OCH3 is 1. The lowest BCUT2D eigenvalue weighted by Crippen LogP contribution is -2.26. The average Bonchev–Trinajstić information content (AvgIpc) is 2.04. The molecule has 0 aromatic carbocycles. The molecule has 11 heavy (non-hydrogen) atoms. The minimum absolute atomic E-state index is 0.361.